The summed E-state index contributed by atoms with van der Waals surface area (Å²) in [5.74, 6) is 0.589. The molecular weight excluding hydrogens is 130 g/mol. The summed E-state index contributed by atoms with van der Waals surface area (Å²) in [4.78, 5) is 3.51. The van der Waals surface area contributed by atoms with E-state index in [-0.39, 0.29) is 5.76 Å². The Bertz CT molecular complexity index is 166. The molecule has 3 nitrogen and oxygen atoms in total. The first kappa shape index (κ1) is 8.75. The highest BCUT2D eigenvalue weighted by Gasteiger charge is 1.84. The van der Waals surface area contributed by atoms with Gasteiger partial charge in [-0.3, -0.25) is 0 Å². The quantitative estimate of drug-likeness (QED) is 0.369. The minimum Gasteiger partial charge on any atom is -0.513 e. The predicted octanol–water partition coefficient (Wildman–Crippen LogP) is 1.64. The van der Waals surface area contributed by atoms with E-state index >= 15 is 0 Å². The van der Waals surface area contributed by atoms with Crippen LogP contribution in [-0.4, -0.2) is 18.9 Å². The second-order valence-electron chi connectivity index (χ2n) is 1.68. The highest BCUT2D eigenvalue weighted by Crippen LogP contribution is 1.96. The Hall–Kier alpha value is -1.25. The van der Waals surface area contributed by atoms with Crippen molar-refractivity contribution in [2.24, 2.45) is 4.99 Å². The molecular formula is C7H11NO2. The van der Waals surface area contributed by atoms with Gasteiger partial charge in [-0.05, 0) is 19.7 Å². The monoisotopic (exact) mass is 141 g/mol. The smallest absolute Gasteiger partial charge is 0.212 e. The van der Waals surface area contributed by atoms with Gasteiger partial charge in [-0.2, -0.15) is 0 Å². The number of hydrogen-bond acceptors (Lipinski definition) is 3. The number of aliphatic hydroxyl groups excluding tert-OH is 1. The van der Waals surface area contributed by atoms with Crippen molar-refractivity contribution in [1.29, 1.82) is 0 Å². The maximum absolute atomic E-state index is 8.69. The third kappa shape index (κ3) is 3.72. The molecule has 0 unspecified atom stereocenters. The molecule has 0 heterocycles. The molecule has 0 radical (unpaired) electrons. The Morgan fingerprint density at radius 3 is 2.50 bits per heavy atom. The molecule has 0 fully saturated rings. The van der Waals surface area contributed by atoms with Crippen LogP contribution in [0.1, 0.15) is 6.92 Å². The number of aliphatic hydroxyl groups is 1. The Morgan fingerprint density at radius 2 is 2.20 bits per heavy atom. The molecule has 0 saturated carbocycles. The van der Waals surface area contributed by atoms with Crippen molar-refractivity contribution < 1.29 is 9.84 Å². The lowest BCUT2D eigenvalue weighted by atomic mass is 10.4. The van der Waals surface area contributed by atoms with Crippen LogP contribution in [0.3, 0.4) is 0 Å². The van der Waals surface area contributed by atoms with E-state index < -0.39 is 0 Å². The highest BCUT2D eigenvalue weighted by atomic mass is 16.5. The Labute approximate surface area is 60.4 Å². The molecule has 0 aliphatic heterocycles. The molecule has 0 atom stereocenters. The minimum atomic E-state index is 0.207. The molecule has 0 aliphatic carbocycles. The Morgan fingerprint density at radius 1 is 1.60 bits per heavy atom. The first-order valence-electron chi connectivity index (χ1n) is 2.79. The lowest BCUT2D eigenvalue weighted by Gasteiger charge is -1.94. The van der Waals surface area contributed by atoms with Gasteiger partial charge in [0.1, 0.15) is 0 Å². The summed E-state index contributed by atoms with van der Waals surface area (Å²) in [7, 11) is 1.49. The average Bonchev–Trinajstić information content (AvgIpc) is 1.90. The van der Waals surface area contributed by atoms with Crippen LogP contribution < -0.4 is 0 Å². The average molecular weight is 141 g/mol. The van der Waals surface area contributed by atoms with E-state index in [4.69, 9.17) is 9.84 Å². The van der Waals surface area contributed by atoms with E-state index in [9.17, 15) is 0 Å². The van der Waals surface area contributed by atoms with Crippen molar-refractivity contribution >= 4 is 6.72 Å². The third-order valence-electron chi connectivity index (χ3n) is 0.832. The molecule has 0 aliphatic rings. The number of aliphatic imine (C=N–C) groups is 1. The van der Waals surface area contributed by atoms with E-state index in [1.165, 1.54) is 19.3 Å². The molecule has 0 amide bonds. The Kier molecular flexibility index (Phi) is 4.04. The minimum absolute atomic E-state index is 0.207. The molecule has 10 heavy (non-hydrogen) atoms. The molecule has 56 valence electrons. The summed E-state index contributed by atoms with van der Waals surface area (Å²) < 4.78 is 4.73. The molecule has 0 aromatic heterocycles. The Balaban J connectivity index is 4.12. The zero-order valence-corrected chi connectivity index (χ0v) is 6.16. The fourth-order valence-corrected chi connectivity index (χ4v) is 0.377. The summed E-state index contributed by atoms with van der Waals surface area (Å²) in [5.41, 5.74) is 0. The van der Waals surface area contributed by atoms with E-state index in [1.54, 1.807) is 6.92 Å². The van der Waals surface area contributed by atoms with Crippen molar-refractivity contribution in [3.05, 3.63) is 23.8 Å². The number of hydrogen-bond donors (Lipinski definition) is 1. The zero-order valence-electron chi connectivity index (χ0n) is 6.16. The normalized spacial score (nSPS) is 13.0. The third-order valence-corrected chi connectivity index (χ3v) is 0.832. The van der Waals surface area contributed by atoms with Gasteiger partial charge in [-0.25, -0.2) is 4.99 Å². The number of ether oxygens (including phenoxy) is 1. The van der Waals surface area contributed by atoms with Crippen molar-refractivity contribution in [3.63, 3.8) is 0 Å². The molecule has 0 rings (SSSR count). The van der Waals surface area contributed by atoms with Crippen molar-refractivity contribution in [3.8, 4) is 0 Å². The molecule has 3 heteroatoms. The first-order chi connectivity index (χ1) is 4.70. The lowest BCUT2D eigenvalue weighted by Crippen LogP contribution is -1.79. The lowest BCUT2D eigenvalue weighted by molar-refractivity contribution is 0.289. The van der Waals surface area contributed by atoms with Gasteiger partial charge in [-0.15, -0.1) is 0 Å². The summed E-state index contributed by atoms with van der Waals surface area (Å²) in [6, 6.07) is 0. The summed E-state index contributed by atoms with van der Waals surface area (Å²) >= 11 is 0. The van der Waals surface area contributed by atoms with Crippen LogP contribution in [0.4, 0.5) is 0 Å². The van der Waals surface area contributed by atoms with Gasteiger partial charge in [0.2, 0.25) is 5.88 Å². The van der Waals surface area contributed by atoms with Gasteiger partial charge in [0.25, 0.3) is 0 Å². The summed E-state index contributed by atoms with van der Waals surface area (Å²) in [6.45, 7) is 4.82. The second-order valence-corrected chi connectivity index (χ2v) is 1.68. The van der Waals surface area contributed by atoms with Gasteiger partial charge in [0.05, 0.1) is 12.9 Å². The largest absolute Gasteiger partial charge is 0.513 e. The SMILES string of the molecule is C=N/C(=C\C=C(/C)O)OC. The topological polar surface area (TPSA) is 41.8 Å². The van der Waals surface area contributed by atoms with E-state index in [1.807, 2.05) is 0 Å². The van der Waals surface area contributed by atoms with Gasteiger partial charge in [-0.1, -0.05) is 0 Å². The van der Waals surface area contributed by atoms with Gasteiger partial charge >= 0.3 is 0 Å². The van der Waals surface area contributed by atoms with Crippen molar-refractivity contribution in [2.45, 2.75) is 6.92 Å². The van der Waals surface area contributed by atoms with Gasteiger partial charge in [0, 0.05) is 6.08 Å². The molecule has 0 aromatic carbocycles. The van der Waals surface area contributed by atoms with Crippen LogP contribution in [0.15, 0.2) is 28.8 Å². The van der Waals surface area contributed by atoms with Crippen molar-refractivity contribution in [1.82, 2.24) is 0 Å². The summed E-state index contributed by atoms with van der Waals surface area (Å²) in [5, 5.41) is 8.69. The number of methoxy groups -OCH3 is 1. The van der Waals surface area contributed by atoms with Crippen LogP contribution in [0.5, 0.6) is 0 Å². The number of nitrogens with zero attached hydrogens (tertiary/aromatic N) is 1. The molecule has 1 N–H and O–H groups in total. The van der Waals surface area contributed by atoms with Gasteiger partial charge in [0.15, 0.2) is 0 Å². The fraction of sp³-hybridized carbons (Fsp3) is 0.286. The standard InChI is InChI=1S/C7H11NO2/c1-6(9)4-5-7(8-2)10-3/h4-5,9H,2H2,1,3H3/b6-4+,7-5+. The molecule has 0 spiro atoms. The fourth-order valence-electron chi connectivity index (χ4n) is 0.377. The highest BCUT2D eigenvalue weighted by molar-refractivity contribution is 5.28. The zero-order chi connectivity index (χ0) is 7.98. The maximum Gasteiger partial charge on any atom is 0.212 e. The van der Waals surface area contributed by atoms with Crippen LogP contribution in [-0.2, 0) is 4.74 Å². The first-order valence-corrected chi connectivity index (χ1v) is 2.79. The van der Waals surface area contributed by atoms with E-state index in [0.717, 1.165) is 0 Å². The molecule has 0 bridgehead atoms. The van der Waals surface area contributed by atoms with Crippen LogP contribution in [0.25, 0.3) is 0 Å². The second kappa shape index (κ2) is 4.61. The predicted molar refractivity (Wildman–Crippen MR) is 41.0 cm³/mol. The van der Waals surface area contributed by atoms with E-state index in [0.29, 0.717) is 5.88 Å². The van der Waals surface area contributed by atoms with Crippen LogP contribution >= 0.6 is 0 Å². The summed E-state index contributed by atoms with van der Waals surface area (Å²) in [6.07, 6.45) is 3.01. The number of rotatable bonds is 3. The van der Waals surface area contributed by atoms with Crippen LogP contribution in [0.2, 0.25) is 0 Å². The van der Waals surface area contributed by atoms with Gasteiger partial charge < -0.3 is 9.84 Å². The van der Waals surface area contributed by atoms with Crippen molar-refractivity contribution in [2.75, 3.05) is 7.11 Å². The molecule has 0 saturated heterocycles. The van der Waals surface area contributed by atoms with E-state index in [2.05, 4.69) is 11.7 Å². The number of allylic oxidation sites excluding steroid dienone is 3. The maximum atomic E-state index is 8.69. The molecule has 0 aromatic rings. The van der Waals surface area contributed by atoms with Crippen LogP contribution in [0, 0.1) is 0 Å².